The van der Waals surface area contributed by atoms with E-state index in [-0.39, 0.29) is 6.29 Å². The summed E-state index contributed by atoms with van der Waals surface area (Å²) < 4.78 is 62.4. The molecule has 0 aliphatic carbocycles. The SMILES string of the molecule is NCc1nc(C(F)F)cc(C=O)c1C(F)(F)F. The molecule has 0 aliphatic rings. The number of aromatic nitrogens is 1. The maximum atomic E-state index is 12.6. The van der Waals surface area contributed by atoms with Gasteiger partial charge in [0.1, 0.15) is 5.69 Å². The first-order chi connectivity index (χ1) is 7.81. The molecule has 1 aromatic heterocycles. The van der Waals surface area contributed by atoms with Crippen molar-refractivity contribution in [2.45, 2.75) is 19.1 Å². The van der Waals surface area contributed by atoms with Crippen molar-refractivity contribution in [3.8, 4) is 0 Å². The van der Waals surface area contributed by atoms with Crippen LogP contribution < -0.4 is 5.73 Å². The minimum Gasteiger partial charge on any atom is -0.325 e. The van der Waals surface area contributed by atoms with Crippen LogP contribution in [0.15, 0.2) is 6.07 Å². The topological polar surface area (TPSA) is 56.0 Å². The fourth-order valence-electron chi connectivity index (χ4n) is 1.32. The van der Waals surface area contributed by atoms with E-state index in [1.807, 2.05) is 0 Å². The van der Waals surface area contributed by atoms with Gasteiger partial charge in [0.15, 0.2) is 6.29 Å². The number of pyridine rings is 1. The van der Waals surface area contributed by atoms with Gasteiger partial charge in [-0.1, -0.05) is 0 Å². The van der Waals surface area contributed by atoms with Gasteiger partial charge in [-0.05, 0) is 6.07 Å². The van der Waals surface area contributed by atoms with Crippen LogP contribution in [0.3, 0.4) is 0 Å². The molecule has 0 bridgehead atoms. The summed E-state index contributed by atoms with van der Waals surface area (Å²) in [7, 11) is 0. The molecule has 8 heteroatoms. The van der Waals surface area contributed by atoms with E-state index < -0.39 is 41.7 Å². The minimum atomic E-state index is -4.86. The molecule has 1 heterocycles. The van der Waals surface area contributed by atoms with E-state index in [2.05, 4.69) is 4.98 Å². The fraction of sp³-hybridized carbons (Fsp3) is 0.333. The third kappa shape index (κ3) is 2.76. The Kier molecular flexibility index (Phi) is 3.76. The quantitative estimate of drug-likeness (QED) is 0.665. The van der Waals surface area contributed by atoms with Crippen LogP contribution in [0.25, 0.3) is 0 Å². The van der Waals surface area contributed by atoms with Crippen LogP contribution in [-0.4, -0.2) is 11.3 Å². The normalized spacial score (nSPS) is 11.9. The third-order valence-electron chi connectivity index (χ3n) is 1.97. The molecule has 2 N–H and O–H groups in total. The van der Waals surface area contributed by atoms with Gasteiger partial charge in [0.2, 0.25) is 0 Å². The first kappa shape index (κ1) is 13.5. The number of nitrogens with two attached hydrogens (primary N) is 1. The van der Waals surface area contributed by atoms with Gasteiger partial charge in [-0.25, -0.2) is 13.8 Å². The van der Waals surface area contributed by atoms with Crippen LogP contribution in [0, 0.1) is 0 Å². The Bertz CT molecular complexity index is 430. The molecule has 0 aliphatic heterocycles. The predicted octanol–water partition coefficient (Wildman–Crippen LogP) is 2.31. The monoisotopic (exact) mass is 254 g/mol. The van der Waals surface area contributed by atoms with Crippen molar-refractivity contribution >= 4 is 6.29 Å². The highest BCUT2D eigenvalue weighted by Crippen LogP contribution is 2.34. The molecule has 0 unspecified atom stereocenters. The number of alkyl halides is 5. The summed E-state index contributed by atoms with van der Waals surface area (Å²) in [6, 6.07) is 0.416. The standard InChI is InChI=1S/C9H7F5N2O/c10-8(11)5-1-4(3-17)7(9(12,13)14)6(2-15)16-5/h1,3,8H,2,15H2. The van der Waals surface area contributed by atoms with Gasteiger partial charge in [-0.15, -0.1) is 0 Å². The Balaban J connectivity index is 3.53. The zero-order valence-corrected chi connectivity index (χ0v) is 8.26. The molecule has 3 nitrogen and oxygen atoms in total. The number of hydrogen-bond donors (Lipinski definition) is 1. The number of nitrogens with zero attached hydrogens (tertiary/aromatic N) is 1. The van der Waals surface area contributed by atoms with E-state index in [1.54, 1.807) is 0 Å². The van der Waals surface area contributed by atoms with Crippen molar-refractivity contribution in [2.24, 2.45) is 5.73 Å². The van der Waals surface area contributed by atoms with Gasteiger partial charge in [-0.3, -0.25) is 4.79 Å². The van der Waals surface area contributed by atoms with E-state index in [0.29, 0.717) is 6.07 Å². The summed E-state index contributed by atoms with van der Waals surface area (Å²) in [6.07, 6.45) is -8.07. The smallest absolute Gasteiger partial charge is 0.325 e. The molecule has 1 rings (SSSR count). The lowest BCUT2D eigenvalue weighted by atomic mass is 10.1. The maximum Gasteiger partial charge on any atom is 0.418 e. The van der Waals surface area contributed by atoms with Gasteiger partial charge in [0, 0.05) is 12.1 Å². The second-order valence-electron chi connectivity index (χ2n) is 3.08. The minimum absolute atomic E-state index is 0.143. The molecule has 0 amide bonds. The van der Waals surface area contributed by atoms with Crippen LogP contribution in [0.4, 0.5) is 22.0 Å². The van der Waals surface area contributed by atoms with Gasteiger partial charge in [-0.2, -0.15) is 13.2 Å². The van der Waals surface area contributed by atoms with Crippen LogP contribution in [-0.2, 0) is 12.7 Å². The van der Waals surface area contributed by atoms with Gasteiger partial charge in [0.25, 0.3) is 6.43 Å². The maximum absolute atomic E-state index is 12.6. The summed E-state index contributed by atoms with van der Waals surface area (Å²) in [6.45, 7) is -0.684. The number of carbonyl (C=O) groups is 1. The summed E-state index contributed by atoms with van der Waals surface area (Å²) >= 11 is 0. The summed E-state index contributed by atoms with van der Waals surface area (Å²) in [5.74, 6) is 0. The Hall–Kier alpha value is -1.57. The van der Waals surface area contributed by atoms with Crippen molar-refractivity contribution in [3.05, 3.63) is 28.6 Å². The van der Waals surface area contributed by atoms with Crippen LogP contribution >= 0.6 is 0 Å². The molecule has 0 aromatic carbocycles. The van der Waals surface area contributed by atoms with Crippen molar-refractivity contribution in [2.75, 3.05) is 0 Å². The second-order valence-corrected chi connectivity index (χ2v) is 3.08. The van der Waals surface area contributed by atoms with Crippen molar-refractivity contribution in [1.29, 1.82) is 0 Å². The third-order valence-corrected chi connectivity index (χ3v) is 1.97. The molecule has 17 heavy (non-hydrogen) atoms. The largest absolute Gasteiger partial charge is 0.418 e. The summed E-state index contributed by atoms with van der Waals surface area (Å²) in [4.78, 5) is 13.6. The Morgan fingerprint density at radius 1 is 1.41 bits per heavy atom. The number of hydrogen-bond acceptors (Lipinski definition) is 3. The average Bonchev–Trinajstić information content (AvgIpc) is 2.25. The highest BCUT2D eigenvalue weighted by Gasteiger charge is 2.37. The second kappa shape index (κ2) is 4.74. The number of halogens is 5. The van der Waals surface area contributed by atoms with E-state index in [0.717, 1.165) is 0 Å². The molecule has 0 atom stereocenters. The van der Waals surface area contributed by atoms with Crippen LogP contribution in [0.5, 0.6) is 0 Å². The number of carbonyl (C=O) groups excluding carboxylic acids is 1. The molecular weight excluding hydrogens is 247 g/mol. The lowest BCUT2D eigenvalue weighted by Crippen LogP contribution is -2.18. The van der Waals surface area contributed by atoms with Gasteiger partial charge >= 0.3 is 6.18 Å². The molecular formula is C9H7F5N2O. The van der Waals surface area contributed by atoms with E-state index in [4.69, 9.17) is 5.73 Å². The van der Waals surface area contributed by atoms with Crippen molar-refractivity contribution in [1.82, 2.24) is 4.98 Å². The molecule has 0 radical (unpaired) electrons. The highest BCUT2D eigenvalue weighted by molar-refractivity contribution is 5.78. The lowest BCUT2D eigenvalue weighted by molar-refractivity contribution is -0.138. The first-order valence-corrected chi connectivity index (χ1v) is 4.35. The van der Waals surface area contributed by atoms with Crippen molar-refractivity contribution in [3.63, 3.8) is 0 Å². The fourth-order valence-corrected chi connectivity index (χ4v) is 1.32. The Morgan fingerprint density at radius 2 is 2.00 bits per heavy atom. The Labute approximate surface area is 92.4 Å². The van der Waals surface area contributed by atoms with Crippen LogP contribution in [0.1, 0.15) is 33.7 Å². The average molecular weight is 254 g/mol. The summed E-state index contributed by atoms with van der Waals surface area (Å²) in [5, 5.41) is 0. The molecule has 1 aromatic rings. The zero-order valence-electron chi connectivity index (χ0n) is 8.26. The van der Waals surface area contributed by atoms with E-state index in [9.17, 15) is 26.7 Å². The predicted molar refractivity (Wildman–Crippen MR) is 47.5 cm³/mol. The van der Waals surface area contributed by atoms with Gasteiger partial charge in [0.05, 0.1) is 11.3 Å². The number of rotatable bonds is 3. The first-order valence-electron chi connectivity index (χ1n) is 4.35. The Morgan fingerprint density at radius 3 is 2.35 bits per heavy atom. The lowest BCUT2D eigenvalue weighted by Gasteiger charge is -2.14. The molecule has 0 spiro atoms. The van der Waals surface area contributed by atoms with E-state index in [1.165, 1.54) is 0 Å². The van der Waals surface area contributed by atoms with E-state index >= 15 is 0 Å². The molecule has 0 fully saturated rings. The molecule has 94 valence electrons. The molecule has 0 saturated heterocycles. The summed E-state index contributed by atoms with van der Waals surface area (Å²) in [5.41, 5.74) is 1.10. The molecule has 0 saturated carbocycles. The number of aldehydes is 1. The highest BCUT2D eigenvalue weighted by atomic mass is 19.4. The van der Waals surface area contributed by atoms with Crippen LogP contribution in [0.2, 0.25) is 0 Å². The van der Waals surface area contributed by atoms with Gasteiger partial charge < -0.3 is 5.73 Å². The van der Waals surface area contributed by atoms with Crippen molar-refractivity contribution < 1.29 is 26.7 Å². The zero-order chi connectivity index (χ0) is 13.2.